The van der Waals surface area contributed by atoms with Gasteiger partial charge in [-0.25, -0.2) is 9.28 Å². The van der Waals surface area contributed by atoms with Crippen molar-refractivity contribution in [3.8, 4) is 0 Å². The molecule has 1 amide bonds. The number of amides is 1. The second-order valence-electron chi connectivity index (χ2n) is 6.16. The number of carbonyl (C=O) groups excluding carboxylic acids is 1. The summed E-state index contributed by atoms with van der Waals surface area (Å²) in [5.74, 6) is 0. The van der Waals surface area contributed by atoms with Crippen LogP contribution in [0.5, 0.6) is 0 Å². The molecule has 0 saturated heterocycles. The molecule has 1 aromatic rings. The van der Waals surface area contributed by atoms with Crippen LogP contribution in [-0.2, 0) is 4.79 Å². The van der Waals surface area contributed by atoms with E-state index in [4.69, 9.17) is 0 Å². The lowest BCUT2D eigenvalue weighted by Crippen LogP contribution is -2.60. The molecule has 1 aliphatic rings. The van der Waals surface area contributed by atoms with Gasteiger partial charge in [-0.1, -0.05) is 24.1 Å². The molecule has 1 unspecified atom stereocenters. The molecule has 0 bridgehead atoms. The summed E-state index contributed by atoms with van der Waals surface area (Å²) in [6.45, 7) is 6.43. The first-order valence-electron chi connectivity index (χ1n) is 7.53. The van der Waals surface area contributed by atoms with E-state index >= 15 is 0 Å². The molecular formula is C17H26NO+. The van der Waals surface area contributed by atoms with Crippen molar-refractivity contribution in [1.82, 2.24) is 4.48 Å². The Labute approximate surface area is 117 Å². The molecule has 0 heterocycles. The Morgan fingerprint density at radius 1 is 1.11 bits per heavy atom. The Kier molecular flexibility index (Phi) is 4.41. The van der Waals surface area contributed by atoms with Crippen molar-refractivity contribution < 1.29 is 4.79 Å². The van der Waals surface area contributed by atoms with E-state index in [1.807, 2.05) is 0 Å². The Balaban J connectivity index is 2.43. The maximum atomic E-state index is 12.0. The Hall–Kier alpha value is -1.15. The maximum absolute atomic E-state index is 12.0. The number of benzene rings is 1. The normalized spacial score (nSPS) is 20.2. The van der Waals surface area contributed by atoms with Crippen LogP contribution in [0.2, 0.25) is 0 Å². The van der Waals surface area contributed by atoms with Crippen LogP contribution < -0.4 is 4.48 Å². The number of nitrogens with zero attached hydrogens (tertiary/aromatic N) is 1. The zero-order chi connectivity index (χ0) is 13.9. The average Bonchev–Trinajstić information content (AvgIpc) is 2.43. The summed E-state index contributed by atoms with van der Waals surface area (Å²) in [4.78, 5) is 12.0. The van der Waals surface area contributed by atoms with Gasteiger partial charge in [0.05, 0.1) is 6.04 Å². The van der Waals surface area contributed by atoms with Crippen molar-refractivity contribution in [3.05, 3.63) is 29.8 Å². The monoisotopic (exact) mass is 260 g/mol. The Morgan fingerprint density at radius 2 is 1.68 bits per heavy atom. The number of hydrogen-bond donors (Lipinski definition) is 0. The van der Waals surface area contributed by atoms with Crippen molar-refractivity contribution in [2.45, 2.75) is 65.0 Å². The minimum absolute atomic E-state index is 0.295. The number of quaternary nitrogens is 1. The largest absolute Gasteiger partial charge is 0.306 e. The molecule has 104 valence electrons. The molecule has 1 fully saturated rings. The number of aryl methyl sites for hydroxylation is 1. The van der Waals surface area contributed by atoms with Crippen LogP contribution in [0.3, 0.4) is 0 Å². The first-order chi connectivity index (χ1) is 9.11. The smallest absolute Gasteiger partial charge is 0.233 e. The van der Waals surface area contributed by atoms with Gasteiger partial charge in [0.1, 0.15) is 11.7 Å². The topological polar surface area (TPSA) is 17.1 Å². The SMILES string of the molecule is Cc1ccc([N+](C=O)(C(C)C)C2CCCCC2)cc1. The lowest BCUT2D eigenvalue weighted by molar-refractivity contribution is -0.121. The molecule has 0 aromatic heterocycles. The minimum Gasteiger partial charge on any atom is -0.233 e. The van der Waals surface area contributed by atoms with E-state index in [1.165, 1.54) is 44.1 Å². The molecule has 1 saturated carbocycles. The fourth-order valence-electron chi connectivity index (χ4n) is 3.51. The van der Waals surface area contributed by atoms with Crippen molar-refractivity contribution >= 4 is 12.1 Å². The fraction of sp³-hybridized carbons (Fsp3) is 0.588. The molecule has 2 rings (SSSR count). The van der Waals surface area contributed by atoms with E-state index in [-0.39, 0.29) is 0 Å². The third kappa shape index (κ3) is 2.59. The van der Waals surface area contributed by atoms with Gasteiger partial charge in [0.25, 0.3) is 0 Å². The molecule has 1 atom stereocenters. The van der Waals surface area contributed by atoms with Gasteiger partial charge in [-0.15, -0.1) is 0 Å². The summed E-state index contributed by atoms with van der Waals surface area (Å²) in [5.41, 5.74) is 2.41. The van der Waals surface area contributed by atoms with E-state index < -0.39 is 0 Å². The number of hydrogen-bond acceptors (Lipinski definition) is 1. The molecule has 1 aliphatic carbocycles. The molecule has 0 spiro atoms. The van der Waals surface area contributed by atoms with Crippen LogP contribution in [-0.4, -0.2) is 18.5 Å². The van der Waals surface area contributed by atoms with Crippen molar-refractivity contribution in [1.29, 1.82) is 0 Å². The minimum atomic E-state index is 0.295. The van der Waals surface area contributed by atoms with E-state index in [9.17, 15) is 4.79 Å². The van der Waals surface area contributed by atoms with Gasteiger partial charge in [0.15, 0.2) is 0 Å². The summed E-state index contributed by atoms with van der Waals surface area (Å²) in [7, 11) is 0. The van der Waals surface area contributed by atoms with Gasteiger partial charge in [-0.05, 0) is 45.7 Å². The highest BCUT2D eigenvalue weighted by molar-refractivity contribution is 5.71. The number of carbonyl (C=O) groups is 1. The van der Waals surface area contributed by atoms with Crippen LogP contribution in [0.1, 0.15) is 51.5 Å². The lowest BCUT2D eigenvalue weighted by atomic mass is 9.90. The summed E-state index contributed by atoms with van der Waals surface area (Å²) in [6, 6.07) is 9.27. The van der Waals surface area contributed by atoms with Crippen LogP contribution in [0.15, 0.2) is 24.3 Å². The molecule has 19 heavy (non-hydrogen) atoms. The average molecular weight is 260 g/mol. The van der Waals surface area contributed by atoms with Gasteiger partial charge >= 0.3 is 6.41 Å². The van der Waals surface area contributed by atoms with Crippen LogP contribution in [0, 0.1) is 6.92 Å². The van der Waals surface area contributed by atoms with Gasteiger partial charge < -0.3 is 0 Å². The highest BCUT2D eigenvalue weighted by atomic mass is 16.1. The maximum Gasteiger partial charge on any atom is 0.306 e. The first kappa shape index (κ1) is 14.3. The molecule has 1 aromatic carbocycles. The highest BCUT2D eigenvalue weighted by Gasteiger charge is 2.42. The molecule has 0 aliphatic heterocycles. The Morgan fingerprint density at radius 3 is 2.16 bits per heavy atom. The first-order valence-corrected chi connectivity index (χ1v) is 7.53. The second-order valence-corrected chi connectivity index (χ2v) is 6.16. The van der Waals surface area contributed by atoms with Gasteiger partial charge in [0, 0.05) is 12.8 Å². The van der Waals surface area contributed by atoms with E-state index in [2.05, 4.69) is 45.0 Å². The van der Waals surface area contributed by atoms with Crippen molar-refractivity contribution in [3.63, 3.8) is 0 Å². The Bertz CT molecular complexity index is 417. The molecular weight excluding hydrogens is 234 g/mol. The second kappa shape index (κ2) is 5.87. The fourth-order valence-corrected chi connectivity index (χ4v) is 3.51. The standard InChI is InChI=1S/C17H26NO/c1-14(2)18(13-19,16-7-5-4-6-8-16)17-11-9-15(3)10-12-17/h9-14,16H,4-8H2,1-3H3/q+1. The predicted octanol–water partition coefficient (Wildman–Crippen LogP) is 4.20. The van der Waals surface area contributed by atoms with Crippen LogP contribution in [0.25, 0.3) is 0 Å². The summed E-state index contributed by atoms with van der Waals surface area (Å²) in [6.07, 6.45) is 7.37. The predicted molar refractivity (Wildman–Crippen MR) is 81.0 cm³/mol. The zero-order valence-electron chi connectivity index (χ0n) is 12.4. The van der Waals surface area contributed by atoms with E-state index in [0.717, 1.165) is 5.69 Å². The molecule has 0 radical (unpaired) electrons. The third-order valence-corrected chi connectivity index (χ3v) is 4.69. The van der Waals surface area contributed by atoms with Gasteiger partial charge in [-0.2, -0.15) is 0 Å². The third-order valence-electron chi connectivity index (χ3n) is 4.69. The summed E-state index contributed by atoms with van der Waals surface area (Å²) in [5, 5.41) is 0. The van der Waals surface area contributed by atoms with Gasteiger partial charge in [0.2, 0.25) is 0 Å². The van der Waals surface area contributed by atoms with Crippen molar-refractivity contribution in [2.24, 2.45) is 0 Å². The highest BCUT2D eigenvalue weighted by Crippen LogP contribution is 2.35. The van der Waals surface area contributed by atoms with Crippen molar-refractivity contribution in [2.75, 3.05) is 0 Å². The molecule has 2 heteroatoms. The zero-order valence-corrected chi connectivity index (χ0v) is 12.4. The quantitative estimate of drug-likeness (QED) is 0.586. The van der Waals surface area contributed by atoms with Gasteiger partial charge in [-0.3, -0.25) is 0 Å². The molecule has 2 nitrogen and oxygen atoms in total. The van der Waals surface area contributed by atoms with Crippen LogP contribution >= 0.6 is 0 Å². The summed E-state index contributed by atoms with van der Waals surface area (Å²) < 4.78 is 0.500. The van der Waals surface area contributed by atoms with Crippen LogP contribution in [0.4, 0.5) is 5.69 Å². The van der Waals surface area contributed by atoms with E-state index in [0.29, 0.717) is 16.6 Å². The lowest BCUT2D eigenvalue weighted by Gasteiger charge is -2.43. The number of rotatable bonds is 4. The molecule has 0 N–H and O–H groups in total. The van der Waals surface area contributed by atoms with E-state index in [1.54, 1.807) is 0 Å². The summed E-state index contributed by atoms with van der Waals surface area (Å²) >= 11 is 0.